The average molecular weight is 277 g/mol. The Bertz CT molecular complexity index is 447. The molecule has 1 aliphatic carbocycles. The lowest BCUT2D eigenvalue weighted by Gasteiger charge is -2.41. The number of rotatable bonds is 3. The highest BCUT2D eigenvalue weighted by molar-refractivity contribution is 7.10. The highest BCUT2D eigenvalue weighted by atomic mass is 32.1. The summed E-state index contributed by atoms with van der Waals surface area (Å²) in [6.07, 6.45) is 8.37. The summed E-state index contributed by atoms with van der Waals surface area (Å²) >= 11 is 1.89. The molecule has 2 nitrogen and oxygen atoms in total. The lowest BCUT2D eigenvalue weighted by Crippen LogP contribution is -2.43. The van der Waals surface area contributed by atoms with E-state index in [4.69, 9.17) is 0 Å². The maximum atomic E-state index is 11.6. The molecule has 0 radical (unpaired) electrons. The molecule has 0 amide bonds. The third-order valence-electron chi connectivity index (χ3n) is 5.02. The lowest BCUT2D eigenvalue weighted by atomic mass is 9.74. The van der Waals surface area contributed by atoms with Crippen LogP contribution in [0.5, 0.6) is 0 Å². The third-order valence-corrected chi connectivity index (χ3v) is 6.02. The molecule has 1 aliphatic heterocycles. The smallest absolute Gasteiger partial charge is 0.127 e. The molecule has 2 heterocycles. The first-order valence-corrected chi connectivity index (χ1v) is 8.39. The molecular formula is C16H23NOS. The Hall–Kier alpha value is -0.670. The Morgan fingerprint density at radius 2 is 2.21 bits per heavy atom. The van der Waals surface area contributed by atoms with Gasteiger partial charge in [0.2, 0.25) is 0 Å². The fraction of sp³-hybridized carbons (Fsp3) is 0.688. The zero-order valence-electron chi connectivity index (χ0n) is 11.7. The molecule has 1 saturated carbocycles. The van der Waals surface area contributed by atoms with Crippen molar-refractivity contribution in [3.8, 4) is 0 Å². The van der Waals surface area contributed by atoms with Gasteiger partial charge in [0, 0.05) is 29.4 Å². The van der Waals surface area contributed by atoms with Crippen LogP contribution in [0.4, 0.5) is 0 Å². The van der Waals surface area contributed by atoms with Gasteiger partial charge in [0.25, 0.3) is 0 Å². The summed E-state index contributed by atoms with van der Waals surface area (Å²) in [5.74, 6) is 0. The van der Waals surface area contributed by atoms with E-state index in [1.807, 2.05) is 11.3 Å². The summed E-state index contributed by atoms with van der Waals surface area (Å²) < 4.78 is 0. The van der Waals surface area contributed by atoms with Crippen LogP contribution in [-0.2, 0) is 11.2 Å². The molecule has 104 valence electrons. The monoisotopic (exact) mass is 277 g/mol. The van der Waals surface area contributed by atoms with Gasteiger partial charge in [0.15, 0.2) is 0 Å². The predicted molar refractivity (Wildman–Crippen MR) is 79.6 cm³/mol. The van der Waals surface area contributed by atoms with Gasteiger partial charge in [0.1, 0.15) is 6.29 Å². The Morgan fingerprint density at radius 1 is 1.42 bits per heavy atom. The molecule has 0 saturated heterocycles. The van der Waals surface area contributed by atoms with Gasteiger partial charge < -0.3 is 4.79 Å². The SMILES string of the molecule is CC1c2ccsc2CCN1CC1(C=O)CCCCC1. The van der Waals surface area contributed by atoms with Crippen LogP contribution in [0.3, 0.4) is 0 Å². The number of carbonyl (C=O) groups is 1. The van der Waals surface area contributed by atoms with Gasteiger partial charge in [-0.1, -0.05) is 19.3 Å². The number of aldehydes is 1. The fourth-order valence-electron chi connectivity index (χ4n) is 3.75. The van der Waals surface area contributed by atoms with Crippen LogP contribution in [0.15, 0.2) is 11.4 Å². The molecule has 2 aliphatic rings. The molecule has 0 aromatic carbocycles. The van der Waals surface area contributed by atoms with Gasteiger partial charge in [-0.15, -0.1) is 11.3 Å². The van der Waals surface area contributed by atoms with Crippen LogP contribution >= 0.6 is 11.3 Å². The highest BCUT2D eigenvalue weighted by Crippen LogP contribution is 2.39. The molecule has 1 aromatic heterocycles. The number of fused-ring (bicyclic) bond motifs is 1. The van der Waals surface area contributed by atoms with E-state index in [0.717, 1.165) is 32.4 Å². The second kappa shape index (κ2) is 5.37. The van der Waals surface area contributed by atoms with E-state index >= 15 is 0 Å². The average Bonchev–Trinajstić information content (AvgIpc) is 2.92. The molecule has 19 heavy (non-hydrogen) atoms. The zero-order valence-corrected chi connectivity index (χ0v) is 12.5. The van der Waals surface area contributed by atoms with Gasteiger partial charge in [0.05, 0.1) is 0 Å². The van der Waals surface area contributed by atoms with E-state index in [1.54, 1.807) is 4.88 Å². The summed E-state index contributed by atoms with van der Waals surface area (Å²) in [4.78, 5) is 15.7. The van der Waals surface area contributed by atoms with Crippen molar-refractivity contribution >= 4 is 17.6 Å². The van der Waals surface area contributed by atoms with Crippen LogP contribution < -0.4 is 0 Å². The van der Waals surface area contributed by atoms with E-state index in [2.05, 4.69) is 23.3 Å². The summed E-state index contributed by atoms with van der Waals surface area (Å²) in [5.41, 5.74) is 1.44. The molecular weight excluding hydrogens is 254 g/mol. The number of carbonyl (C=O) groups excluding carboxylic acids is 1. The first-order valence-electron chi connectivity index (χ1n) is 7.51. The topological polar surface area (TPSA) is 20.3 Å². The van der Waals surface area contributed by atoms with Crippen molar-refractivity contribution in [3.63, 3.8) is 0 Å². The zero-order chi connectivity index (χ0) is 13.3. The maximum Gasteiger partial charge on any atom is 0.127 e. The van der Waals surface area contributed by atoms with Crippen molar-refractivity contribution in [1.29, 1.82) is 0 Å². The summed E-state index contributed by atoms with van der Waals surface area (Å²) in [5, 5.41) is 2.21. The van der Waals surface area contributed by atoms with Crippen LogP contribution in [0, 0.1) is 5.41 Å². The van der Waals surface area contributed by atoms with Crippen LogP contribution in [0.2, 0.25) is 0 Å². The van der Waals surface area contributed by atoms with Gasteiger partial charge in [-0.25, -0.2) is 0 Å². The first kappa shape index (κ1) is 13.3. The maximum absolute atomic E-state index is 11.6. The van der Waals surface area contributed by atoms with E-state index < -0.39 is 0 Å². The number of thiophene rings is 1. The van der Waals surface area contributed by atoms with Crippen molar-refractivity contribution in [1.82, 2.24) is 4.90 Å². The highest BCUT2D eigenvalue weighted by Gasteiger charge is 2.36. The number of hydrogen-bond donors (Lipinski definition) is 0. The van der Waals surface area contributed by atoms with Gasteiger partial charge >= 0.3 is 0 Å². The number of nitrogens with zero attached hydrogens (tertiary/aromatic N) is 1. The molecule has 0 spiro atoms. The van der Waals surface area contributed by atoms with Crippen LogP contribution in [-0.4, -0.2) is 24.3 Å². The Labute approximate surface area is 119 Å². The third kappa shape index (κ3) is 2.50. The standard InChI is InChI=1S/C16H23NOS/c1-13-14-6-10-19-15(14)5-9-17(13)11-16(12-18)7-3-2-4-8-16/h6,10,12-13H,2-5,7-9,11H2,1H3. The van der Waals surface area contributed by atoms with Crippen molar-refractivity contribution in [3.05, 3.63) is 21.9 Å². The fourth-order valence-corrected chi connectivity index (χ4v) is 4.71. The molecule has 1 atom stereocenters. The Balaban J connectivity index is 1.75. The van der Waals surface area contributed by atoms with Crippen molar-refractivity contribution in [2.45, 2.75) is 51.5 Å². The van der Waals surface area contributed by atoms with Gasteiger partial charge in [-0.2, -0.15) is 0 Å². The van der Waals surface area contributed by atoms with Crippen LogP contribution in [0.25, 0.3) is 0 Å². The molecule has 0 bridgehead atoms. The van der Waals surface area contributed by atoms with Gasteiger partial charge in [-0.05, 0) is 43.2 Å². The minimum absolute atomic E-state index is 0.0555. The van der Waals surface area contributed by atoms with Crippen molar-refractivity contribution in [2.75, 3.05) is 13.1 Å². The van der Waals surface area contributed by atoms with E-state index in [1.165, 1.54) is 31.1 Å². The van der Waals surface area contributed by atoms with Crippen molar-refractivity contribution < 1.29 is 4.79 Å². The Morgan fingerprint density at radius 3 is 2.95 bits per heavy atom. The molecule has 1 unspecified atom stereocenters. The molecule has 1 aromatic rings. The number of hydrogen-bond acceptors (Lipinski definition) is 3. The summed E-state index contributed by atoms with van der Waals surface area (Å²) in [7, 11) is 0. The van der Waals surface area contributed by atoms with E-state index in [-0.39, 0.29) is 5.41 Å². The summed E-state index contributed by atoms with van der Waals surface area (Å²) in [6, 6.07) is 2.75. The predicted octanol–water partition coefficient (Wildman–Crippen LogP) is 3.82. The quantitative estimate of drug-likeness (QED) is 0.783. The molecule has 3 rings (SSSR count). The van der Waals surface area contributed by atoms with Crippen molar-refractivity contribution in [2.24, 2.45) is 5.41 Å². The van der Waals surface area contributed by atoms with Crippen LogP contribution in [0.1, 0.15) is 55.5 Å². The first-order chi connectivity index (χ1) is 9.24. The Kier molecular flexibility index (Phi) is 3.77. The largest absolute Gasteiger partial charge is 0.303 e. The summed E-state index contributed by atoms with van der Waals surface area (Å²) in [6.45, 7) is 4.38. The molecule has 0 N–H and O–H groups in total. The molecule has 1 fully saturated rings. The second-order valence-electron chi connectivity index (χ2n) is 6.24. The van der Waals surface area contributed by atoms with E-state index in [0.29, 0.717) is 6.04 Å². The minimum Gasteiger partial charge on any atom is -0.303 e. The molecule has 3 heteroatoms. The minimum atomic E-state index is -0.0555. The van der Waals surface area contributed by atoms with E-state index in [9.17, 15) is 4.79 Å². The normalized spacial score (nSPS) is 26.9. The lowest BCUT2D eigenvalue weighted by molar-refractivity contribution is -0.119. The van der Waals surface area contributed by atoms with Gasteiger partial charge in [-0.3, -0.25) is 4.90 Å². The second-order valence-corrected chi connectivity index (χ2v) is 7.24.